The number of aromatic nitrogens is 2. The number of likely N-dealkylation sites (N-methyl/N-ethyl adjacent to an activating group) is 1. The summed E-state index contributed by atoms with van der Waals surface area (Å²) < 4.78 is 30.1. The van der Waals surface area contributed by atoms with E-state index in [1.165, 1.54) is 29.8 Å². The number of ether oxygens (including phenoxy) is 1. The first kappa shape index (κ1) is 24.5. The van der Waals surface area contributed by atoms with E-state index in [4.69, 9.17) is 11.6 Å². The Bertz CT molecular complexity index is 1240. The van der Waals surface area contributed by atoms with Gasteiger partial charge in [-0.2, -0.15) is 5.10 Å². The van der Waals surface area contributed by atoms with Crippen molar-refractivity contribution < 1.29 is 18.3 Å². The van der Waals surface area contributed by atoms with E-state index in [1.54, 1.807) is 6.20 Å². The highest BCUT2D eigenvalue weighted by atomic mass is 35.5. The molecule has 10 heteroatoms. The predicted molar refractivity (Wildman–Crippen MR) is 136 cm³/mol. The van der Waals surface area contributed by atoms with E-state index in [2.05, 4.69) is 50.9 Å². The van der Waals surface area contributed by atoms with Crippen LogP contribution in [0.1, 0.15) is 42.1 Å². The molecule has 0 spiro atoms. The van der Waals surface area contributed by atoms with Crippen molar-refractivity contribution in [3.8, 4) is 17.0 Å². The molecule has 36 heavy (non-hydrogen) atoms. The van der Waals surface area contributed by atoms with Crippen LogP contribution in [0.3, 0.4) is 0 Å². The van der Waals surface area contributed by atoms with Crippen molar-refractivity contribution in [2.75, 3.05) is 30.4 Å². The lowest BCUT2D eigenvalue weighted by Crippen LogP contribution is -2.49. The Kier molecular flexibility index (Phi) is 6.38. The molecule has 1 fully saturated rings. The van der Waals surface area contributed by atoms with Crippen LogP contribution >= 0.6 is 11.6 Å². The molecule has 5 rings (SSSR count). The Hall–Kier alpha value is -3.17. The summed E-state index contributed by atoms with van der Waals surface area (Å²) in [5.41, 5.74) is 1.29. The van der Waals surface area contributed by atoms with Gasteiger partial charge in [0.1, 0.15) is 5.75 Å². The van der Waals surface area contributed by atoms with Crippen molar-refractivity contribution in [3.63, 3.8) is 0 Å². The number of alkyl halides is 3. The van der Waals surface area contributed by atoms with E-state index in [-0.39, 0.29) is 17.7 Å². The van der Waals surface area contributed by atoms with Gasteiger partial charge in [-0.05, 0) is 81.9 Å². The average Bonchev–Trinajstić information content (AvgIpc) is 3.45. The number of benzene rings is 2. The maximum atomic E-state index is 13.3. The Balaban J connectivity index is 1.51. The van der Waals surface area contributed by atoms with Crippen LogP contribution in [0.2, 0.25) is 0 Å². The number of nitrogens with zero attached hydrogens (tertiary/aromatic N) is 3. The Morgan fingerprint density at radius 1 is 1.25 bits per heavy atom. The highest BCUT2D eigenvalue weighted by molar-refractivity contribution is 6.20. The van der Waals surface area contributed by atoms with Gasteiger partial charge in [-0.15, -0.1) is 8.78 Å². The SMILES string of the molecule is CC(C)N1c2c(-c3ccn[nH]3)cc(C(=O)Nc3ccc(OC(F)(F)Cl)cc3)cc2C2CCN(C)CC21. The fourth-order valence-corrected chi connectivity index (χ4v) is 5.54. The number of nitrogens with one attached hydrogen (secondary N) is 2. The summed E-state index contributed by atoms with van der Waals surface area (Å²) >= 11 is 4.82. The minimum Gasteiger partial charge on any atom is -0.420 e. The third-order valence-corrected chi connectivity index (χ3v) is 6.97. The molecule has 190 valence electrons. The second-order valence-corrected chi connectivity index (χ2v) is 10.1. The number of aromatic amines is 1. The number of amides is 1. The average molecular weight is 516 g/mol. The molecule has 1 saturated heterocycles. The summed E-state index contributed by atoms with van der Waals surface area (Å²) in [5, 5.41) is 10.1. The second-order valence-electron chi connectivity index (χ2n) is 9.68. The summed E-state index contributed by atoms with van der Waals surface area (Å²) in [5.74, 6) is -0.0711. The molecular formula is C26H28ClF2N5O2. The third kappa shape index (κ3) is 4.77. The maximum Gasteiger partial charge on any atom is 0.487 e. The smallest absolute Gasteiger partial charge is 0.420 e. The summed E-state index contributed by atoms with van der Waals surface area (Å²) in [6.45, 7) is 6.35. The zero-order valence-corrected chi connectivity index (χ0v) is 21.0. The minimum absolute atomic E-state index is 0.103. The number of fused-ring (bicyclic) bond motifs is 3. The van der Waals surface area contributed by atoms with Crippen LogP contribution in [0.25, 0.3) is 11.3 Å². The van der Waals surface area contributed by atoms with Gasteiger partial charge in [-0.1, -0.05) is 0 Å². The van der Waals surface area contributed by atoms with Crippen LogP contribution in [0.15, 0.2) is 48.7 Å². The molecule has 1 aromatic heterocycles. The molecule has 7 nitrogen and oxygen atoms in total. The lowest BCUT2D eigenvalue weighted by atomic mass is 9.86. The van der Waals surface area contributed by atoms with Crippen LogP contribution in [-0.4, -0.2) is 58.8 Å². The number of anilines is 2. The molecule has 2 aromatic carbocycles. The number of hydrogen-bond donors (Lipinski definition) is 2. The molecule has 2 aliphatic rings. The highest BCUT2D eigenvalue weighted by Gasteiger charge is 2.44. The summed E-state index contributed by atoms with van der Waals surface area (Å²) in [6.07, 6.45) is 2.72. The number of halogens is 3. The number of hydrogen-bond acceptors (Lipinski definition) is 5. The minimum atomic E-state index is -3.80. The predicted octanol–water partition coefficient (Wildman–Crippen LogP) is 5.51. The van der Waals surface area contributed by atoms with Crippen LogP contribution < -0.4 is 15.0 Å². The largest absolute Gasteiger partial charge is 0.487 e. The second kappa shape index (κ2) is 9.37. The fourth-order valence-electron chi connectivity index (χ4n) is 5.45. The topological polar surface area (TPSA) is 73.5 Å². The number of piperidine rings is 1. The molecule has 2 atom stereocenters. The van der Waals surface area contributed by atoms with Crippen LogP contribution in [0.5, 0.6) is 5.75 Å². The number of rotatable bonds is 6. The highest BCUT2D eigenvalue weighted by Crippen LogP contribution is 2.50. The Labute approximate surface area is 213 Å². The Morgan fingerprint density at radius 2 is 2.00 bits per heavy atom. The van der Waals surface area contributed by atoms with Crippen LogP contribution in [0.4, 0.5) is 20.2 Å². The normalized spacial score (nSPS) is 19.8. The summed E-state index contributed by atoms with van der Waals surface area (Å²) in [4.78, 5) is 18.2. The van der Waals surface area contributed by atoms with Gasteiger partial charge in [0, 0.05) is 59.2 Å². The number of carbonyl (C=O) groups excluding carboxylic acids is 1. The van der Waals surface area contributed by atoms with Gasteiger partial charge in [0.05, 0.1) is 11.4 Å². The number of carbonyl (C=O) groups is 1. The molecule has 0 aliphatic carbocycles. The Morgan fingerprint density at radius 3 is 2.64 bits per heavy atom. The standard InChI is InChI=1S/C26H28ClF2N5O2/c1-15(2)34-23-14-33(3)11-9-19(23)20-12-16(13-21(24(20)34)22-8-10-30-32-22)25(35)31-17-4-6-18(7-5-17)36-26(27,28)29/h4-8,10,12-13,15,19,23H,9,11,14H2,1-3H3,(H,30,32)(H,31,35). The molecule has 0 radical (unpaired) electrons. The van der Waals surface area contributed by atoms with E-state index in [0.29, 0.717) is 23.2 Å². The van der Waals surface area contributed by atoms with Crippen LogP contribution in [0, 0.1) is 0 Å². The first-order valence-electron chi connectivity index (χ1n) is 11.9. The van der Waals surface area contributed by atoms with Crippen molar-refractivity contribution >= 4 is 28.9 Å². The molecule has 2 aliphatic heterocycles. The lowest BCUT2D eigenvalue weighted by molar-refractivity contribution is -0.0964. The molecule has 3 aromatic rings. The monoisotopic (exact) mass is 515 g/mol. The zero-order chi connectivity index (χ0) is 25.6. The molecule has 0 bridgehead atoms. The van der Waals surface area contributed by atoms with Crippen LogP contribution in [-0.2, 0) is 0 Å². The van der Waals surface area contributed by atoms with Gasteiger partial charge in [-0.25, -0.2) is 0 Å². The lowest BCUT2D eigenvalue weighted by Gasteiger charge is -2.40. The summed E-state index contributed by atoms with van der Waals surface area (Å²) in [6, 6.07) is 12.1. The zero-order valence-electron chi connectivity index (χ0n) is 20.3. The molecular weight excluding hydrogens is 488 g/mol. The quantitative estimate of drug-likeness (QED) is 0.423. The van der Waals surface area contributed by atoms with Crippen molar-refractivity contribution in [2.45, 2.75) is 43.8 Å². The number of H-pyrrole nitrogens is 1. The van der Waals surface area contributed by atoms with Crippen molar-refractivity contribution in [1.29, 1.82) is 0 Å². The van der Waals surface area contributed by atoms with Crippen molar-refractivity contribution in [1.82, 2.24) is 15.1 Å². The molecule has 0 saturated carbocycles. The van der Waals surface area contributed by atoms with E-state index >= 15 is 0 Å². The fraction of sp³-hybridized carbons (Fsp3) is 0.385. The van der Waals surface area contributed by atoms with E-state index in [1.807, 2.05) is 18.2 Å². The first-order chi connectivity index (χ1) is 17.1. The van der Waals surface area contributed by atoms with Gasteiger partial charge in [0.25, 0.3) is 5.91 Å². The molecule has 2 N–H and O–H groups in total. The molecule has 2 unspecified atom stereocenters. The van der Waals surface area contributed by atoms with E-state index in [9.17, 15) is 13.6 Å². The van der Waals surface area contributed by atoms with Gasteiger partial charge in [-0.3, -0.25) is 9.89 Å². The maximum absolute atomic E-state index is 13.3. The third-order valence-electron chi connectivity index (χ3n) is 6.89. The first-order valence-corrected chi connectivity index (χ1v) is 12.3. The van der Waals surface area contributed by atoms with Crippen molar-refractivity contribution in [3.05, 3.63) is 59.8 Å². The number of likely N-dealkylation sites (tertiary alicyclic amines) is 1. The molecule has 1 amide bonds. The molecule has 3 heterocycles. The van der Waals surface area contributed by atoms with Gasteiger partial charge >= 0.3 is 5.57 Å². The summed E-state index contributed by atoms with van der Waals surface area (Å²) in [7, 11) is 2.15. The van der Waals surface area contributed by atoms with E-state index in [0.717, 1.165) is 36.5 Å². The van der Waals surface area contributed by atoms with Gasteiger partial charge < -0.3 is 19.9 Å². The van der Waals surface area contributed by atoms with Gasteiger partial charge in [0.2, 0.25) is 0 Å². The van der Waals surface area contributed by atoms with E-state index < -0.39 is 5.57 Å². The van der Waals surface area contributed by atoms with Crippen molar-refractivity contribution in [2.24, 2.45) is 0 Å². The van der Waals surface area contributed by atoms with Gasteiger partial charge in [0.15, 0.2) is 0 Å².